The fraction of sp³-hybridized carbons (Fsp3) is 0.417. The highest BCUT2D eigenvalue weighted by molar-refractivity contribution is 5.89. The molecule has 0 amide bonds. The third kappa shape index (κ3) is 2.06. The van der Waals surface area contributed by atoms with Crippen LogP contribution in [-0.2, 0) is 0 Å². The summed E-state index contributed by atoms with van der Waals surface area (Å²) in [5.41, 5.74) is 0.713. The lowest BCUT2D eigenvalue weighted by atomic mass is 10.2. The largest absolute Gasteiger partial charge is 0.508 e. The molecule has 1 saturated heterocycles. The van der Waals surface area contributed by atoms with Crippen molar-refractivity contribution in [3.8, 4) is 11.5 Å². The lowest BCUT2D eigenvalue weighted by Gasteiger charge is -2.32. The maximum atomic E-state index is 9.44. The van der Waals surface area contributed by atoms with Crippen molar-refractivity contribution in [2.45, 2.75) is 0 Å². The quantitative estimate of drug-likeness (QED) is 0.693. The summed E-state index contributed by atoms with van der Waals surface area (Å²) < 4.78 is 5.64. The van der Waals surface area contributed by atoms with Crippen LogP contribution in [0.3, 0.4) is 0 Å². The molecule has 2 N–H and O–H groups in total. The normalized spacial score (nSPS) is 19.3. The molecule has 3 rings (SSSR count). The first-order valence-corrected chi connectivity index (χ1v) is 5.82. The van der Waals surface area contributed by atoms with E-state index in [2.05, 4.69) is 15.2 Å². The summed E-state index contributed by atoms with van der Waals surface area (Å²) in [5, 5.41) is 12.7. The van der Waals surface area contributed by atoms with Gasteiger partial charge in [0.15, 0.2) is 0 Å². The molecule has 1 aromatic carbocycles. The molecule has 0 bridgehead atoms. The van der Waals surface area contributed by atoms with E-state index in [1.54, 1.807) is 18.2 Å². The van der Waals surface area contributed by atoms with Crippen molar-refractivity contribution >= 4 is 11.5 Å². The van der Waals surface area contributed by atoms with Crippen molar-refractivity contribution in [3.05, 3.63) is 18.2 Å². The van der Waals surface area contributed by atoms with E-state index in [4.69, 9.17) is 4.74 Å². The Morgan fingerprint density at radius 3 is 2.94 bits per heavy atom. The minimum absolute atomic E-state index is 0.220. The van der Waals surface area contributed by atoms with E-state index in [0.29, 0.717) is 12.3 Å². The Morgan fingerprint density at radius 2 is 2.12 bits per heavy atom. The SMILES string of the molecule is Oc1ccc2c(c1)N=C(N1CCNCC1)CO2. The van der Waals surface area contributed by atoms with E-state index >= 15 is 0 Å². The standard InChI is InChI=1S/C12H15N3O2/c16-9-1-2-11-10(7-9)14-12(8-17-11)15-5-3-13-4-6-15/h1-2,7,13,16H,3-6,8H2. The van der Waals surface area contributed by atoms with Gasteiger partial charge in [0, 0.05) is 32.2 Å². The lowest BCUT2D eigenvalue weighted by Crippen LogP contribution is -2.48. The number of phenols is 1. The van der Waals surface area contributed by atoms with Gasteiger partial charge in [0.2, 0.25) is 0 Å². The fourth-order valence-electron chi connectivity index (χ4n) is 2.11. The number of aliphatic imine (C=N–C) groups is 1. The van der Waals surface area contributed by atoms with Crippen LogP contribution < -0.4 is 10.1 Å². The summed E-state index contributed by atoms with van der Waals surface area (Å²) in [7, 11) is 0. The zero-order chi connectivity index (χ0) is 11.7. The molecule has 2 heterocycles. The number of hydrogen-bond acceptors (Lipinski definition) is 5. The molecule has 2 aliphatic rings. The molecule has 0 saturated carbocycles. The van der Waals surface area contributed by atoms with Crippen molar-refractivity contribution in [1.82, 2.24) is 10.2 Å². The van der Waals surface area contributed by atoms with Crippen molar-refractivity contribution in [2.75, 3.05) is 32.8 Å². The molecular formula is C12H15N3O2. The maximum absolute atomic E-state index is 9.44. The van der Waals surface area contributed by atoms with E-state index in [0.717, 1.165) is 37.8 Å². The minimum Gasteiger partial charge on any atom is -0.508 e. The number of nitrogens with zero attached hydrogens (tertiary/aromatic N) is 2. The molecule has 0 radical (unpaired) electrons. The summed E-state index contributed by atoms with van der Waals surface area (Å²) in [6.07, 6.45) is 0. The number of hydrogen-bond donors (Lipinski definition) is 2. The number of rotatable bonds is 0. The van der Waals surface area contributed by atoms with E-state index in [1.165, 1.54) is 0 Å². The van der Waals surface area contributed by atoms with Crippen LogP contribution >= 0.6 is 0 Å². The van der Waals surface area contributed by atoms with Crippen molar-refractivity contribution < 1.29 is 9.84 Å². The lowest BCUT2D eigenvalue weighted by molar-refractivity contribution is 0.306. The zero-order valence-corrected chi connectivity index (χ0v) is 9.52. The summed E-state index contributed by atoms with van der Waals surface area (Å²) in [5.74, 6) is 1.91. The highest BCUT2D eigenvalue weighted by atomic mass is 16.5. The Hall–Kier alpha value is -1.75. The van der Waals surface area contributed by atoms with Crippen LogP contribution in [-0.4, -0.2) is 48.6 Å². The first-order valence-electron chi connectivity index (χ1n) is 5.82. The Bertz CT molecular complexity index is 453. The molecule has 0 aromatic heterocycles. The summed E-state index contributed by atoms with van der Waals surface area (Å²) in [4.78, 5) is 6.79. The molecular weight excluding hydrogens is 218 g/mol. The first-order chi connectivity index (χ1) is 8.33. The molecule has 2 aliphatic heterocycles. The topological polar surface area (TPSA) is 57.1 Å². The number of phenolic OH excluding ortho intramolecular Hbond substituents is 1. The molecule has 1 fully saturated rings. The Labute approximate surface area is 99.7 Å². The van der Waals surface area contributed by atoms with Crippen molar-refractivity contribution in [3.63, 3.8) is 0 Å². The number of benzene rings is 1. The van der Waals surface area contributed by atoms with Crippen LogP contribution in [0.4, 0.5) is 5.69 Å². The van der Waals surface area contributed by atoms with Crippen LogP contribution in [0.2, 0.25) is 0 Å². The number of nitrogens with one attached hydrogen (secondary N) is 1. The Balaban J connectivity index is 1.87. The van der Waals surface area contributed by atoms with E-state index in [9.17, 15) is 5.11 Å². The number of aromatic hydroxyl groups is 1. The van der Waals surface area contributed by atoms with E-state index in [-0.39, 0.29) is 5.75 Å². The molecule has 0 spiro atoms. The van der Waals surface area contributed by atoms with Crippen LogP contribution in [0.1, 0.15) is 0 Å². The number of amidine groups is 1. The first kappa shape index (κ1) is 10.4. The van der Waals surface area contributed by atoms with Crippen LogP contribution in [0, 0.1) is 0 Å². The third-order valence-corrected chi connectivity index (χ3v) is 3.03. The fourth-order valence-corrected chi connectivity index (χ4v) is 2.11. The van der Waals surface area contributed by atoms with Gasteiger partial charge >= 0.3 is 0 Å². The second-order valence-electron chi connectivity index (χ2n) is 4.21. The molecule has 5 nitrogen and oxygen atoms in total. The van der Waals surface area contributed by atoms with Gasteiger partial charge in [0.05, 0.1) is 0 Å². The van der Waals surface area contributed by atoms with Crippen LogP contribution in [0.5, 0.6) is 11.5 Å². The van der Waals surface area contributed by atoms with Crippen LogP contribution in [0.25, 0.3) is 0 Å². The van der Waals surface area contributed by atoms with Gasteiger partial charge in [0.1, 0.15) is 29.6 Å². The third-order valence-electron chi connectivity index (χ3n) is 3.03. The average molecular weight is 233 g/mol. The Morgan fingerprint density at radius 1 is 1.29 bits per heavy atom. The highest BCUT2D eigenvalue weighted by Crippen LogP contribution is 2.33. The monoisotopic (exact) mass is 233 g/mol. The van der Waals surface area contributed by atoms with Gasteiger partial charge in [-0.2, -0.15) is 0 Å². The summed E-state index contributed by atoms with van der Waals surface area (Å²) in [6.45, 7) is 4.38. The highest BCUT2D eigenvalue weighted by Gasteiger charge is 2.20. The molecule has 1 aromatic rings. The zero-order valence-electron chi connectivity index (χ0n) is 9.52. The predicted molar refractivity (Wildman–Crippen MR) is 65.1 cm³/mol. The molecule has 17 heavy (non-hydrogen) atoms. The van der Waals surface area contributed by atoms with Gasteiger partial charge in [-0.15, -0.1) is 0 Å². The number of piperazine rings is 1. The average Bonchev–Trinajstić information content (AvgIpc) is 2.39. The number of ether oxygens (including phenoxy) is 1. The van der Waals surface area contributed by atoms with Gasteiger partial charge in [-0.25, -0.2) is 4.99 Å². The minimum atomic E-state index is 0.220. The predicted octanol–water partition coefficient (Wildman–Crippen LogP) is 0.720. The molecule has 0 unspecified atom stereocenters. The van der Waals surface area contributed by atoms with E-state index in [1.807, 2.05) is 0 Å². The second kappa shape index (κ2) is 4.25. The molecule has 0 atom stereocenters. The summed E-state index contributed by atoms with van der Waals surface area (Å²) >= 11 is 0. The molecule has 90 valence electrons. The van der Waals surface area contributed by atoms with Gasteiger partial charge in [0.25, 0.3) is 0 Å². The second-order valence-corrected chi connectivity index (χ2v) is 4.21. The molecule has 0 aliphatic carbocycles. The van der Waals surface area contributed by atoms with E-state index < -0.39 is 0 Å². The van der Waals surface area contributed by atoms with Gasteiger partial charge in [-0.05, 0) is 12.1 Å². The Kier molecular flexibility index (Phi) is 2.60. The molecule has 5 heteroatoms. The van der Waals surface area contributed by atoms with Crippen molar-refractivity contribution in [2.24, 2.45) is 4.99 Å². The number of fused-ring (bicyclic) bond motifs is 1. The van der Waals surface area contributed by atoms with Crippen LogP contribution in [0.15, 0.2) is 23.2 Å². The smallest absolute Gasteiger partial charge is 0.146 e. The van der Waals surface area contributed by atoms with Gasteiger partial charge in [-0.1, -0.05) is 0 Å². The summed E-state index contributed by atoms with van der Waals surface area (Å²) in [6, 6.07) is 5.00. The van der Waals surface area contributed by atoms with Gasteiger partial charge in [-0.3, -0.25) is 0 Å². The maximum Gasteiger partial charge on any atom is 0.146 e. The van der Waals surface area contributed by atoms with Crippen molar-refractivity contribution in [1.29, 1.82) is 0 Å². The van der Waals surface area contributed by atoms with Gasteiger partial charge < -0.3 is 20.1 Å².